The van der Waals surface area contributed by atoms with E-state index in [0.717, 1.165) is 76.2 Å². The number of unbranched alkanes of at least 4 members (excludes halogenated alkanes) is 16. The summed E-state index contributed by atoms with van der Waals surface area (Å²) >= 11 is 0. The molecule has 0 aliphatic heterocycles. The topological polar surface area (TPSA) is 477 Å². The van der Waals surface area contributed by atoms with Crippen LogP contribution >= 0.6 is 0 Å². The number of nitrogens with zero attached hydrogens (tertiary/aromatic N) is 1. The molecular formula is C82H143N9O22S. The largest absolute Gasteiger partial charge is 0.508 e. The minimum Gasteiger partial charge on any atom is -0.508 e. The van der Waals surface area contributed by atoms with E-state index in [0.29, 0.717) is 214 Å². The number of benzene rings is 1. The number of phenols is 1. The summed E-state index contributed by atoms with van der Waals surface area (Å²) in [6, 6.07) is 3.69. The molecule has 1 rings (SSSR count). The van der Waals surface area contributed by atoms with Crippen LogP contribution in [-0.2, 0) is 97.7 Å². The first kappa shape index (κ1) is 105. The Morgan fingerprint density at radius 1 is 0.456 bits per heavy atom. The van der Waals surface area contributed by atoms with E-state index in [4.69, 9.17) is 49.9 Å². The maximum atomic E-state index is 14.0. The number of hydrogen-bond acceptors (Lipinski definition) is 23. The summed E-state index contributed by atoms with van der Waals surface area (Å²) in [6.07, 6.45) is 21.4. The number of ketones is 5. The summed E-state index contributed by atoms with van der Waals surface area (Å²) in [5.41, 5.74) is 12.1. The van der Waals surface area contributed by atoms with Crippen molar-refractivity contribution in [1.82, 2.24) is 31.5 Å². The second-order valence-corrected chi connectivity index (χ2v) is 31.5. The first-order valence-corrected chi connectivity index (χ1v) is 43.4. The quantitative estimate of drug-likeness (QED) is 0.0127. The number of primary amides is 1. The monoisotopic (exact) mass is 1640 g/mol. The Balaban J connectivity index is 2.07. The van der Waals surface area contributed by atoms with Crippen molar-refractivity contribution in [2.75, 3.05) is 125 Å². The van der Waals surface area contributed by atoms with Gasteiger partial charge in [-0.2, -0.15) is 8.42 Å². The minimum absolute atomic E-state index is 0.00939. The van der Waals surface area contributed by atoms with Crippen molar-refractivity contribution < 1.29 is 104 Å². The fourth-order valence-electron chi connectivity index (χ4n) is 12.4. The summed E-state index contributed by atoms with van der Waals surface area (Å²) in [4.78, 5) is 141. The van der Waals surface area contributed by atoms with E-state index in [2.05, 4.69) is 26.6 Å². The lowest BCUT2D eigenvalue weighted by atomic mass is 9.89. The number of phenolic OH excluding ortho intramolecular Hbond substituents is 1. The number of likely N-dealkylation sites (N-methyl/N-ethyl adjacent to an activating group) is 1. The summed E-state index contributed by atoms with van der Waals surface area (Å²) in [5.74, 6) is -4.22. The Hall–Kier alpha value is -6.75. The molecule has 13 N–H and O–H groups in total. The number of rotatable bonds is 82. The molecule has 1 aromatic carbocycles. The molecule has 0 heterocycles. The number of aliphatic carboxylic acids is 1. The van der Waals surface area contributed by atoms with Crippen molar-refractivity contribution in [2.24, 2.45) is 23.3 Å². The van der Waals surface area contributed by atoms with Crippen LogP contribution in [0.2, 0.25) is 0 Å². The van der Waals surface area contributed by atoms with Gasteiger partial charge in [-0.15, -0.1) is 0 Å². The van der Waals surface area contributed by atoms with Gasteiger partial charge in [0.15, 0.2) is 11.6 Å². The fourth-order valence-corrected chi connectivity index (χ4v) is 13.0. The summed E-state index contributed by atoms with van der Waals surface area (Å²) < 4.78 is 63.7. The van der Waals surface area contributed by atoms with Gasteiger partial charge in [-0.1, -0.05) is 103 Å². The lowest BCUT2D eigenvalue weighted by Crippen LogP contribution is -2.48. The average molecular weight is 1640 g/mol. The summed E-state index contributed by atoms with van der Waals surface area (Å²) in [6.45, 7) is 9.63. The van der Waals surface area contributed by atoms with Crippen LogP contribution in [0.4, 0.5) is 0 Å². The molecule has 114 heavy (non-hydrogen) atoms. The maximum absolute atomic E-state index is 14.0. The molecule has 0 spiro atoms. The highest BCUT2D eigenvalue weighted by Crippen LogP contribution is 2.22. The Bertz CT molecular complexity index is 2970. The third-order valence-electron chi connectivity index (χ3n) is 19.0. The third-order valence-corrected chi connectivity index (χ3v) is 19.8. The molecule has 5 amide bonds. The maximum Gasteiger partial charge on any atom is 0.326 e. The van der Waals surface area contributed by atoms with Crippen LogP contribution in [0.5, 0.6) is 5.75 Å². The summed E-state index contributed by atoms with van der Waals surface area (Å²) in [5, 5.41) is 41.0. The normalized spacial score (nSPS) is 12.6. The lowest BCUT2D eigenvalue weighted by molar-refractivity contribution is -0.142. The van der Waals surface area contributed by atoms with E-state index in [-0.39, 0.29) is 147 Å². The van der Waals surface area contributed by atoms with E-state index >= 15 is 0 Å². The molecule has 0 saturated carbocycles. The number of nitrogens with two attached hydrogens (primary N) is 2. The number of carboxylic acids is 1. The minimum atomic E-state index is -3.86. The smallest absolute Gasteiger partial charge is 0.326 e. The molecule has 0 unspecified atom stereocenters. The zero-order valence-electron chi connectivity index (χ0n) is 68.9. The Labute approximate surface area is 678 Å². The molecule has 654 valence electrons. The van der Waals surface area contributed by atoms with Crippen LogP contribution in [0.25, 0.3) is 0 Å². The van der Waals surface area contributed by atoms with Gasteiger partial charge in [-0.25, -0.2) is 4.79 Å². The van der Waals surface area contributed by atoms with E-state index in [1.165, 1.54) is 12.1 Å². The molecule has 0 aliphatic rings. The number of carbonyl (C=O) groups excluding carboxylic acids is 10. The predicted octanol–water partition coefficient (Wildman–Crippen LogP) is 8.07. The van der Waals surface area contributed by atoms with Crippen LogP contribution in [-0.4, -0.2) is 241 Å². The molecule has 31 nitrogen and oxygen atoms in total. The number of Topliss-reactive ketones (excluding diaryl/α,β-unsaturated/α-hetero) is 5. The van der Waals surface area contributed by atoms with Crippen molar-refractivity contribution in [3.63, 3.8) is 0 Å². The highest BCUT2D eigenvalue weighted by Gasteiger charge is 2.31. The van der Waals surface area contributed by atoms with Crippen molar-refractivity contribution in [1.29, 1.82) is 5.41 Å². The van der Waals surface area contributed by atoms with Gasteiger partial charge in [0.1, 0.15) is 29.1 Å². The Morgan fingerprint density at radius 3 is 1.35 bits per heavy atom. The van der Waals surface area contributed by atoms with Gasteiger partial charge >= 0.3 is 5.97 Å². The van der Waals surface area contributed by atoms with Gasteiger partial charge in [0.2, 0.25) is 29.5 Å². The Morgan fingerprint density at radius 2 is 0.886 bits per heavy atom. The number of amidine groups is 1. The molecule has 0 aromatic heterocycles. The number of carbonyl (C=O) groups is 11. The number of nitrogens with one attached hydrogen (secondary N) is 6. The van der Waals surface area contributed by atoms with Crippen molar-refractivity contribution >= 4 is 80.4 Å². The number of ether oxygens (including phenoxy) is 6. The van der Waals surface area contributed by atoms with Gasteiger partial charge in [0.25, 0.3) is 10.1 Å². The van der Waals surface area contributed by atoms with Gasteiger partial charge in [0.05, 0.1) is 89.6 Å². The molecular weight excluding hydrogens is 1500 g/mol. The molecule has 0 bridgehead atoms. The first-order chi connectivity index (χ1) is 54.6. The van der Waals surface area contributed by atoms with E-state index in [1.807, 2.05) is 13.8 Å². The van der Waals surface area contributed by atoms with E-state index in [1.54, 1.807) is 24.1 Å². The molecule has 0 radical (unpaired) electrons. The highest BCUT2D eigenvalue weighted by molar-refractivity contribution is 7.85. The zero-order valence-corrected chi connectivity index (χ0v) is 69.7. The number of hydrogen-bond donors (Lipinski definition) is 11. The molecule has 0 saturated heterocycles. The Kier molecular flexibility index (Phi) is 64.1. The van der Waals surface area contributed by atoms with Crippen LogP contribution < -0.4 is 38.1 Å². The number of carboxylic acid groups (broad SMARTS) is 1. The number of aromatic hydroxyl groups is 1. The third kappa shape index (κ3) is 64.4. The lowest BCUT2D eigenvalue weighted by Gasteiger charge is -2.29. The van der Waals surface area contributed by atoms with Crippen LogP contribution in [0.3, 0.4) is 0 Å². The molecule has 0 aliphatic carbocycles. The summed E-state index contributed by atoms with van der Waals surface area (Å²) in [7, 11) is -2.19. The fraction of sp³-hybridized carbons (Fsp3) is 0.780. The van der Waals surface area contributed by atoms with Gasteiger partial charge in [-0.05, 0) is 127 Å². The van der Waals surface area contributed by atoms with Crippen LogP contribution in [0, 0.1) is 17.2 Å². The predicted molar refractivity (Wildman–Crippen MR) is 435 cm³/mol. The molecule has 1 aromatic rings. The van der Waals surface area contributed by atoms with Gasteiger partial charge in [-0.3, -0.25) is 62.8 Å². The molecule has 4 atom stereocenters. The first-order valence-electron chi connectivity index (χ1n) is 41.8. The second kappa shape index (κ2) is 69.4. The molecule has 0 fully saturated rings. The van der Waals surface area contributed by atoms with Gasteiger partial charge < -0.3 is 76.7 Å². The second-order valence-electron chi connectivity index (χ2n) is 29.9. The standard InChI is InChI=1S/C82H143N9O22S/c1-64(2)59-70(95)62-89-71(75(97)63-91(3)73(30-16-17-31-76(83)84)74(96)61-66(81(85)102)60-65-33-35-69(94)36-34-65)29-18-21-43-86-77(98)40-37-67(92)27-19-22-46-108-50-54-112-55-51-109-47-23-20-28-68(93)38-41-78(99)87-44-25-48-110-52-56-113-57-53-111-49-26-45-88-79(100)42-39-72(82(103)104)90-80(101)32-15-13-11-9-7-5-4-6-8-10-12-14-24-58-114(105,106)107/h33-36,64,66,71-73,89,94H,4-32,37-63H2,1-3H3,(H3,83,84)(H2,85,102)(H,86,98)(H,87,99)(H,88,100)(H,90,101)(H,103,104)(H,105,106,107)/t66-,71+,72+,73+/m1/s1. The number of amides is 5. The van der Waals surface area contributed by atoms with Gasteiger partial charge in [0, 0.05) is 123 Å². The average Bonchev–Trinajstić information content (AvgIpc) is 0.856. The molecule has 32 heteroatoms. The van der Waals surface area contributed by atoms with Crippen LogP contribution in [0.15, 0.2) is 24.3 Å². The van der Waals surface area contributed by atoms with E-state index in [9.17, 15) is 71.4 Å². The van der Waals surface area contributed by atoms with Crippen molar-refractivity contribution in [3.05, 3.63) is 29.8 Å². The highest BCUT2D eigenvalue weighted by atomic mass is 32.2. The SMILES string of the molecule is CC(C)CC(=O)CN[C@@H](CCCCNC(=O)CCC(=O)CCCCOCCOCCOCCCCC(=O)CCC(=O)NCCCOCCOCCOCCCNC(=O)CC[C@H](NC(=O)CCCCCCCCCCCCCCCS(=O)(=O)O)C(=O)O)C(=O)CN(C)[C@@H](CCCCC(=N)N)C(=O)C[C@@H](Cc1ccc(O)cc1)C(N)=O. The zero-order chi connectivity index (χ0) is 84.3. The van der Waals surface area contributed by atoms with Crippen LogP contribution in [0.1, 0.15) is 257 Å². The van der Waals surface area contributed by atoms with E-state index < -0.39 is 46.0 Å². The van der Waals surface area contributed by atoms with Crippen molar-refractivity contribution in [2.45, 2.75) is 276 Å². The van der Waals surface area contributed by atoms with Crippen molar-refractivity contribution in [3.8, 4) is 5.75 Å².